The first-order valence-corrected chi connectivity index (χ1v) is 9.45. The molecule has 0 bridgehead atoms. The fraction of sp³-hybridized carbons (Fsp3) is 0.529. The summed E-state index contributed by atoms with van der Waals surface area (Å²) in [5.41, 5.74) is 0.139. The van der Waals surface area contributed by atoms with Crippen LogP contribution in [0.5, 0.6) is 0 Å². The van der Waals surface area contributed by atoms with Crippen LogP contribution >= 0.6 is 11.8 Å². The number of rotatable bonds is 5. The Kier molecular flexibility index (Phi) is 5.85. The van der Waals surface area contributed by atoms with Gasteiger partial charge in [-0.1, -0.05) is 6.92 Å². The van der Waals surface area contributed by atoms with E-state index in [1.807, 2.05) is 17.9 Å². The second kappa shape index (κ2) is 7.72. The van der Waals surface area contributed by atoms with Crippen LogP contribution in [0.3, 0.4) is 0 Å². The molecule has 1 amide bonds. The number of anilines is 1. The summed E-state index contributed by atoms with van der Waals surface area (Å²) in [5, 5.41) is 30.4. The van der Waals surface area contributed by atoms with Crippen LogP contribution in [0.4, 0.5) is 6.01 Å². The second-order valence-corrected chi connectivity index (χ2v) is 8.37. The van der Waals surface area contributed by atoms with Gasteiger partial charge in [0.25, 0.3) is 6.01 Å². The van der Waals surface area contributed by atoms with E-state index in [1.165, 1.54) is 22.9 Å². The van der Waals surface area contributed by atoms with Crippen molar-refractivity contribution in [2.75, 3.05) is 18.0 Å². The molecule has 28 heavy (non-hydrogen) atoms. The zero-order chi connectivity index (χ0) is 19.5. The number of nitriles is 1. The zero-order valence-electron chi connectivity index (χ0n) is 15.7. The number of hydrogen-bond donors (Lipinski definition) is 1. The van der Waals surface area contributed by atoms with Gasteiger partial charge in [-0.05, 0) is 6.92 Å². The number of carboxylic acid groups (broad SMARTS) is 1. The van der Waals surface area contributed by atoms with Crippen LogP contribution in [0.2, 0.25) is 0 Å². The molecular weight excluding hydrogens is 395 g/mol. The first kappa shape index (κ1) is 21.2. The van der Waals surface area contributed by atoms with E-state index in [1.54, 1.807) is 6.92 Å². The Bertz CT molecular complexity index is 888. The minimum atomic E-state index is -1.37. The van der Waals surface area contributed by atoms with E-state index in [0.29, 0.717) is 24.0 Å². The largest absolute Gasteiger partial charge is 1.00 e. The van der Waals surface area contributed by atoms with Crippen molar-refractivity contribution in [3.8, 4) is 6.07 Å². The third-order valence-electron chi connectivity index (χ3n) is 5.32. The maximum absolute atomic E-state index is 12.3. The Hall–Kier alpha value is -1.51. The third kappa shape index (κ3) is 3.15. The van der Waals surface area contributed by atoms with E-state index < -0.39 is 18.0 Å². The summed E-state index contributed by atoms with van der Waals surface area (Å²) in [4.78, 5) is 31.8. The SMILES string of the molecule is C[C@@H](O)C1C(=O)N2C(C(=O)[O-])=C(SC3CN(c4nc(C#N)co4)C3)[C@H](C)C12.[Na+]. The molecule has 4 atom stereocenters. The zero-order valence-corrected chi connectivity index (χ0v) is 18.5. The number of carbonyl (C=O) groups is 2. The summed E-state index contributed by atoms with van der Waals surface area (Å²) < 4.78 is 5.24. The van der Waals surface area contributed by atoms with Crippen LogP contribution in [0.25, 0.3) is 0 Å². The Morgan fingerprint density at radius 3 is 2.75 bits per heavy atom. The molecule has 9 nitrogen and oxygen atoms in total. The number of aliphatic hydroxyl groups excluding tert-OH is 1. The number of nitrogens with zero attached hydrogens (tertiary/aromatic N) is 4. The van der Waals surface area contributed by atoms with Crippen molar-refractivity contribution in [1.29, 1.82) is 5.26 Å². The normalized spacial score (nSPS) is 27.5. The number of oxazole rings is 1. The van der Waals surface area contributed by atoms with Gasteiger partial charge < -0.3 is 29.2 Å². The van der Waals surface area contributed by atoms with Gasteiger partial charge in [-0.2, -0.15) is 10.2 Å². The number of aromatic nitrogens is 1. The number of carbonyl (C=O) groups excluding carboxylic acids is 2. The minimum Gasteiger partial charge on any atom is -0.543 e. The van der Waals surface area contributed by atoms with Crippen molar-refractivity contribution in [2.24, 2.45) is 11.8 Å². The average Bonchev–Trinajstić information content (AvgIpc) is 3.12. The molecule has 0 saturated carbocycles. The molecule has 0 aliphatic carbocycles. The number of carboxylic acids is 1. The molecule has 1 N–H and O–H groups in total. The van der Waals surface area contributed by atoms with Crippen molar-refractivity contribution in [2.45, 2.75) is 31.2 Å². The summed E-state index contributed by atoms with van der Waals surface area (Å²) in [6.07, 6.45) is 0.463. The van der Waals surface area contributed by atoms with Gasteiger partial charge in [0.15, 0.2) is 5.69 Å². The molecule has 11 heteroatoms. The van der Waals surface area contributed by atoms with Gasteiger partial charge in [0, 0.05) is 29.2 Å². The third-order valence-corrected chi connectivity index (χ3v) is 6.77. The Morgan fingerprint density at radius 2 is 2.21 bits per heavy atom. The predicted octanol–water partition coefficient (Wildman–Crippen LogP) is -3.71. The number of amides is 1. The van der Waals surface area contributed by atoms with Crippen LogP contribution in [0.15, 0.2) is 21.3 Å². The van der Waals surface area contributed by atoms with Crippen molar-refractivity contribution in [3.63, 3.8) is 0 Å². The molecule has 2 unspecified atom stereocenters. The molecule has 0 aromatic carbocycles. The number of aliphatic hydroxyl groups is 1. The first-order valence-electron chi connectivity index (χ1n) is 8.57. The molecule has 142 valence electrons. The van der Waals surface area contributed by atoms with E-state index >= 15 is 0 Å². The van der Waals surface area contributed by atoms with Gasteiger partial charge in [0.1, 0.15) is 12.3 Å². The van der Waals surface area contributed by atoms with Crippen LogP contribution in [0.1, 0.15) is 19.5 Å². The maximum atomic E-state index is 12.3. The Balaban J connectivity index is 0.00000225. The van der Waals surface area contributed by atoms with Gasteiger partial charge in [-0.25, -0.2) is 0 Å². The van der Waals surface area contributed by atoms with Gasteiger partial charge in [0.2, 0.25) is 5.91 Å². The van der Waals surface area contributed by atoms with Crippen molar-refractivity contribution >= 4 is 29.7 Å². The quantitative estimate of drug-likeness (QED) is 0.383. The van der Waals surface area contributed by atoms with Gasteiger partial charge >= 0.3 is 29.6 Å². The summed E-state index contributed by atoms with van der Waals surface area (Å²) in [5.74, 6) is -2.49. The van der Waals surface area contributed by atoms with Gasteiger partial charge in [-0.3, -0.25) is 4.79 Å². The fourth-order valence-electron chi connectivity index (χ4n) is 3.98. The molecule has 1 aromatic rings. The van der Waals surface area contributed by atoms with E-state index in [0.717, 1.165) is 0 Å². The Labute approximate surface area is 187 Å². The van der Waals surface area contributed by atoms with Crippen molar-refractivity contribution in [3.05, 3.63) is 22.6 Å². The van der Waals surface area contributed by atoms with E-state index in [9.17, 15) is 19.8 Å². The molecule has 3 aliphatic heterocycles. The number of hydrogen-bond acceptors (Lipinski definition) is 9. The number of thioether (sulfide) groups is 1. The molecule has 4 heterocycles. The van der Waals surface area contributed by atoms with Gasteiger partial charge in [0.05, 0.1) is 29.7 Å². The van der Waals surface area contributed by atoms with Crippen molar-refractivity contribution in [1.82, 2.24) is 9.88 Å². The van der Waals surface area contributed by atoms with E-state index in [2.05, 4.69) is 4.98 Å². The summed E-state index contributed by atoms with van der Waals surface area (Å²) in [6, 6.07) is 1.93. The summed E-state index contributed by atoms with van der Waals surface area (Å²) >= 11 is 1.42. The molecule has 0 radical (unpaired) electrons. The predicted molar refractivity (Wildman–Crippen MR) is 91.8 cm³/mol. The molecule has 3 aliphatic rings. The number of aliphatic carboxylic acids is 1. The smallest absolute Gasteiger partial charge is 0.543 e. The van der Waals surface area contributed by atoms with E-state index in [-0.39, 0.29) is 64.1 Å². The standard InChI is InChI=1S/C17H18N4O5S.Na/c1-7-12-11(8(2)22)15(23)21(12)13(16(24)25)14(7)27-10-4-20(5-10)17-19-9(3-18)6-26-17;/h6-8,10-12,22H,4-5H2,1-2H3,(H,24,25);/q;+1/p-1/t7-,8-,11?,12?;/m1./s1. The number of fused-ring (bicyclic) bond motifs is 1. The summed E-state index contributed by atoms with van der Waals surface area (Å²) in [6.45, 7) is 4.60. The van der Waals surface area contributed by atoms with Crippen LogP contribution in [-0.4, -0.2) is 57.4 Å². The molecule has 4 rings (SSSR count). The molecule has 2 fully saturated rings. The molecule has 0 spiro atoms. The van der Waals surface area contributed by atoms with Crippen LogP contribution < -0.4 is 39.6 Å². The Morgan fingerprint density at radius 1 is 1.54 bits per heavy atom. The average molecular weight is 412 g/mol. The molecule has 1 aromatic heterocycles. The topological polar surface area (TPSA) is 134 Å². The van der Waals surface area contributed by atoms with Crippen molar-refractivity contribution < 1.29 is 53.8 Å². The van der Waals surface area contributed by atoms with Crippen LogP contribution in [0, 0.1) is 23.2 Å². The van der Waals surface area contributed by atoms with Gasteiger partial charge in [-0.15, -0.1) is 11.8 Å². The van der Waals surface area contributed by atoms with Crippen LogP contribution in [-0.2, 0) is 9.59 Å². The second-order valence-electron chi connectivity index (χ2n) is 7.03. The monoisotopic (exact) mass is 412 g/mol. The fourth-order valence-corrected chi connectivity index (χ4v) is 5.49. The maximum Gasteiger partial charge on any atom is 1.00 e. The number of β-lactam (4-membered cyclic amide) rings is 1. The molecular formula is C17H17N4NaO5S. The summed E-state index contributed by atoms with van der Waals surface area (Å²) in [7, 11) is 0. The molecule has 2 saturated heterocycles. The first-order chi connectivity index (χ1) is 12.8. The van der Waals surface area contributed by atoms with E-state index in [4.69, 9.17) is 9.68 Å². The minimum absolute atomic E-state index is 0.